The molecule has 0 spiro atoms. The first kappa shape index (κ1) is 13.0. The Morgan fingerprint density at radius 1 is 1.10 bits per heavy atom. The first-order valence-electron chi connectivity index (χ1n) is 8.06. The molecule has 4 rings (SSSR count). The van der Waals surface area contributed by atoms with Crippen molar-refractivity contribution in [3.63, 3.8) is 0 Å². The quantitative estimate of drug-likeness (QED) is 0.907. The Hall–Kier alpha value is -0.730. The number of halogens is 1. The second-order valence-corrected chi connectivity index (χ2v) is 7.22. The molecule has 0 aromatic heterocycles. The number of fused-ring (bicyclic) bond motifs is 1. The van der Waals surface area contributed by atoms with Crippen LogP contribution >= 0.6 is 11.6 Å². The minimum atomic E-state index is 0.761. The van der Waals surface area contributed by atoms with E-state index in [2.05, 4.69) is 22.3 Å². The smallest absolute Gasteiger partial charge is 0.0426 e. The molecule has 3 fully saturated rings. The Kier molecular flexibility index (Phi) is 3.39. The van der Waals surface area contributed by atoms with Crippen molar-refractivity contribution in [2.45, 2.75) is 44.7 Å². The first-order chi connectivity index (χ1) is 9.79. The highest BCUT2D eigenvalue weighted by Gasteiger charge is 2.36. The van der Waals surface area contributed by atoms with E-state index in [0.29, 0.717) is 0 Å². The summed E-state index contributed by atoms with van der Waals surface area (Å²) in [4.78, 5) is 2.59. The van der Waals surface area contributed by atoms with Gasteiger partial charge in [-0.25, -0.2) is 0 Å². The molecule has 3 heteroatoms. The van der Waals surface area contributed by atoms with Gasteiger partial charge < -0.3 is 10.2 Å². The molecule has 1 N–H and O–H groups in total. The van der Waals surface area contributed by atoms with Crippen molar-refractivity contribution < 1.29 is 0 Å². The zero-order chi connectivity index (χ0) is 13.5. The average Bonchev–Trinajstić information content (AvgIpc) is 3.02. The molecule has 1 heterocycles. The molecule has 0 radical (unpaired) electrons. The summed E-state index contributed by atoms with van der Waals surface area (Å²) in [5.74, 6) is 1.86. The molecule has 3 aliphatic rings. The van der Waals surface area contributed by atoms with Gasteiger partial charge in [-0.15, -0.1) is 0 Å². The highest BCUT2D eigenvalue weighted by atomic mass is 35.5. The maximum absolute atomic E-state index is 6.24. The molecule has 108 valence electrons. The van der Waals surface area contributed by atoms with Crippen LogP contribution in [0.3, 0.4) is 0 Å². The fourth-order valence-corrected chi connectivity index (χ4v) is 4.12. The minimum Gasteiger partial charge on any atom is -0.371 e. The standard InChI is InChI=1S/C17H23ClN2/c18-15-5-4-12(9-19-16-6-7-16)17(8-15)20-10-13-2-1-3-14(13)11-20/h4-5,8,13-14,16,19H,1-3,6-7,9-11H2. The zero-order valence-electron chi connectivity index (χ0n) is 11.9. The molecule has 2 saturated carbocycles. The largest absolute Gasteiger partial charge is 0.371 e. The van der Waals surface area contributed by atoms with Gasteiger partial charge in [0.05, 0.1) is 0 Å². The number of hydrogen-bond acceptors (Lipinski definition) is 2. The number of nitrogens with zero attached hydrogens (tertiary/aromatic N) is 1. The van der Waals surface area contributed by atoms with E-state index in [1.807, 2.05) is 6.07 Å². The van der Waals surface area contributed by atoms with Crippen LogP contribution in [0.1, 0.15) is 37.7 Å². The molecule has 1 aromatic rings. The van der Waals surface area contributed by atoms with E-state index >= 15 is 0 Å². The summed E-state index contributed by atoms with van der Waals surface area (Å²) in [6, 6.07) is 7.18. The van der Waals surface area contributed by atoms with Gasteiger partial charge in [-0.1, -0.05) is 24.1 Å². The lowest BCUT2D eigenvalue weighted by Crippen LogP contribution is -2.24. The van der Waals surface area contributed by atoms with E-state index < -0.39 is 0 Å². The van der Waals surface area contributed by atoms with Crippen LogP contribution in [-0.2, 0) is 6.54 Å². The van der Waals surface area contributed by atoms with Gasteiger partial charge in [0.25, 0.3) is 0 Å². The summed E-state index contributed by atoms with van der Waals surface area (Å²) < 4.78 is 0. The maximum atomic E-state index is 6.24. The third-order valence-electron chi connectivity index (χ3n) is 5.27. The van der Waals surface area contributed by atoms with Crippen LogP contribution in [0.2, 0.25) is 5.02 Å². The molecule has 20 heavy (non-hydrogen) atoms. The molecule has 1 saturated heterocycles. The molecule has 0 bridgehead atoms. The Labute approximate surface area is 126 Å². The number of anilines is 1. The highest BCUT2D eigenvalue weighted by molar-refractivity contribution is 6.30. The van der Waals surface area contributed by atoms with Gasteiger partial charge in [-0.05, 0) is 55.2 Å². The lowest BCUT2D eigenvalue weighted by molar-refractivity contribution is 0.494. The van der Waals surface area contributed by atoms with E-state index in [4.69, 9.17) is 11.6 Å². The Bertz CT molecular complexity index is 486. The maximum Gasteiger partial charge on any atom is 0.0426 e. The predicted octanol–water partition coefficient (Wildman–Crippen LogP) is 3.83. The molecule has 1 aliphatic heterocycles. The zero-order valence-corrected chi connectivity index (χ0v) is 12.7. The molecular weight excluding hydrogens is 268 g/mol. The van der Waals surface area contributed by atoms with Gasteiger partial charge in [-0.2, -0.15) is 0 Å². The van der Waals surface area contributed by atoms with Crippen LogP contribution in [0, 0.1) is 11.8 Å². The topological polar surface area (TPSA) is 15.3 Å². The van der Waals surface area contributed by atoms with Crippen LogP contribution in [0.15, 0.2) is 18.2 Å². The van der Waals surface area contributed by atoms with Crippen molar-refractivity contribution in [2.75, 3.05) is 18.0 Å². The van der Waals surface area contributed by atoms with Crippen LogP contribution in [0.25, 0.3) is 0 Å². The molecular formula is C17H23ClN2. The number of hydrogen-bond donors (Lipinski definition) is 1. The summed E-state index contributed by atoms with van der Waals surface area (Å²) >= 11 is 6.24. The van der Waals surface area contributed by atoms with Crippen molar-refractivity contribution in [1.29, 1.82) is 0 Å². The summed E-state index contributed by atoms with van der Waals surface area (Å²) in [5, 5.41) is 4.50. The summed E-state index contributed by atoms with van der Waals surface area (Å²) in [5.41, 5.74) is 2.79. The van der Waals surface area contributed by atoms with Crippen molar-refractivity contribution in [2.24, 2.45) is 11.8 Å². The number of nitrogens with one attached hydrogen (secondary N) is 1. The van der Waals surface area contributed by atoms with Crippen LogP contribution in [0.4, 0.5) is 5.69 Å². The summed E-state index contributed by atoms with van der Waals surface area (Å²) in [6.07, 6.45) is 6.98. The van der Waals surface area contributed by atoms with Gasteiger partial charge in [0, 0.05) is 36.4 Å². The van der Waals surface area contributed by atoms with Gasteiger partial charge in [0.15, 0.2) is 0 Å². The van der Waals surface area contributed by atoms with Gasteiger partial charge >= 0.3 is 0 Å². The van der Waals surface area contributed by atoms with Gasteiger partial charge in [0.2, 0.25) is 0 Å². The van der Waals surface area contributed by atoms with Crippen molar-refractivity contribution in [3.8, 4) is 0 Å². The normalized spacial score (nSPS) is 28.9. The SMILES string of the molecule is Clc1ccc(CNC2CC2)c(N2CC3CCCC3C2)c1. The monoisotopic (exact) mass is 290 g/mol. The first-order valence-corrected chi connectivity index (χ1v) is 8.44. The van der Waals surface area contributed by atoms with Crippen LogP contribution < -0.4 is 10.2 Å². The number of benzene rings is 1. The van der Waals surface area contributed by atoms with Gasteiger partial charge in [0.1, 0.15) is 0 Å². The number of rotatable bonds is 4. The Balaban J connectivity index is 1.54. The molecule has 2 atom stereocenters. The third kappa shape index (κ3) is 2.56. The fraction of sp³-hybridized carbons (Fsp3) is 0.647. The van der Waals surface area contributed by atoms with E-state index in [1.165, 1.54) is 56.4 Å². The predicted molar refractivity (Wildman–Crippen MR) is 84.4 cm³/mol. The van der Waals surface area contributed by atoms with E-state index in [9.17, 15) is 0 Å². The second kappa shape index (κ2) is 5.23. The van der Waals surface area contributed by atoms with Gasteiger partial charge in [-0.3, -0.25) is 0 Å². The van der Waals surface area contributed by atoms with Crippen LogP contribution in [-0.4, -0.2) is 19.1 Å². The Morgan fingerprint density at radius 2 is 1.85 bits per heavy atom. The van der Waals surface area contributed by atoms with E-state index in [1.54, 1.807) is 0 Å². The molecule has 0 amide bonds. The fourth-order valence-electron chi connectivity index (χ4n) is 3.95. The van der Waals surface area contributed by atoms with E-state index in [-0.39, 0.29) is 0 Å². The lowest BCUT2D eigenvalue weighted by atomic mass is 10.0. The summed E-state index contributed by atoms with van der Waals surface area (Å²) in [7, 11) is 0. The lowest BCUT2D eigenvalue weighted by Gasteiger charge is -2.23. The average molecular weight is 291 g/mol. The molecule has 2 aliphatic carbocycles. The highest BCUT2D eigenvalue weighted by Crippen LogP contribution is 2.41. The Morgan fingerprint density at radius 3 is 2.55 bits per heavy atom. The van der Waals surface area contributed by atoms with Crippen molar-refractivity contribution in [3.05, 3.63) is 28.8 Å². The minimum absolute atomic E-state index is 0.761. The van der Waals surface area contributed by atoms with Crippen LogP contribution in [0.5, 0.6) is 0 Å². The summed E-state index contributed by atoms with van der Waals surface area (Å²) in [6.45, 7) is 3.46. The molecule has 2 unspecified atom stereocenters. The third-order valence-corrected chi connectivity index (χ3v) is 5.51. The molecule has 2 nitrogen and oxygen atoms in total. The van der Waals surface area contributed by atoms with E-state index in [0.717, 1.165) is 29.4 Å². The van der Waals surface area contributed by atoms with Crippen molar-refractivity contribution in [1.82, 2.24) is 5.32 Å². The second-order valence-electron chi connectivity index (χ2n) is 6.78. The van der Waals surface area contributed by atoms with Crippen molar-refractivity contribution >= 4 is 17.3 Å². The molecule has 1 aromatic carbocycles.